The van der Waals surface area contributed by atoms with E-state index in [2.05, 4.69) is 74.7 Å². The maximum absolute atomic E-state index is 13.5. The van der Waals surface area contributed by atoms with Crippen molar-refractivity contribution in [3.05, 3.63) is 60.8 Å². The summed E-state index contributed by atoms with van der Waals surface area (Å²) in [6, 6.07) is -0.895. The summed E-state index contributed by atoms with van der Waals surface area (Å²) in [5.41, 5.74) is 0. The number of nitrogens with one attached hydrogen (secondary N) is 1. The topological polar surface area (TPSA) is 114 Å². The van der Waals surface area contributed by atoms with E-state index in [1.165, 1.54) is 180 Å². The fourth-order valence-corrected chi connectivity index (χ4v) is 10.1. The van der Waals surface area contributed by atoms with Crippen LogP contribution >= 0.6 is 7.82 Å². The van der Waals surface area contributed by atoms with Gasteiger partial charge >= 0.3 is 5.97 Å². The molecule has 1 amide bonds. The van der Waals surface area contributed by atoms with Crippen molar-refractivity contribution >= 4 is 19.7 Å². The van der Waals surface area contributed by atoms with Crippen LogP contribution in [0.3, 0.4) is 0 Å². The van der Waals surface area contributed by atoms with Gasteiger partial charge in [-0.3, -0.25) is 14.2 Å². The third-order valence-corrected chi connectivity index (χ3v) is 15.4. The molecular formula is C67H125N2O7P. The smallest absolute Gasteiger partial charge is 0.306 e. The normalized spacial score (nSPS) is 14.0. The Hall–Kier alpha value is -2.29. The minimum atomic E-state index is -4.70. The second-order valence-electron chi connectivity index (χ2n) is 23.3. The summed E-state index contributed by atoms with van der Waals surface area (Å²) in [5.74, 6) is -0.548. The molecule has 450 valence electrons. The van der Waals surface area contributed by atoms with E-state index in [0.717, 1.165) is 89.9 Å². The van der Waals surface area contributed by atoms with Gasteiger partial charge in [0.1, 0.15) is 19.3 Å². The fraction of sp³-hybridized carbons (Fsp3) is 0.821. The van der Waals surface area contributed by atoms with E-state index in [1.807, 2.05) is 33.3 Å². The number of unbranched alkanes of at least 4 members (excludes halogenated alkanes) is 35. The summed E-state index contributed by atoms with van der Waals surface area (Å²) < 4.78 is 30.3. The lowest BCUT2D eigenvalue weighted by molar-refractivity contribution is -0.870. The number of carbonyl (C=O) groups is 2. The predicted molar refractivity (Wildman–Crippen MR) is 330 cm³/mol. The van der Waals surface area contributed by atoms with Crippen LogP contribution in [-0.2, 0) is 27.9 Å². The van der Waals surface area contributed by atoms with Gasteiger partial charge in [-0.15, -0.1) is 0 Å². The second kappa shape index (κ2) is 57.0. The number of rotatable bonds is 59. The van der Waals surface area contributed by atoms with E-state index >= 15 is 0 Å². The number of allylic oxidation sites excluding steroid dienone is 9. The van der Waals surface area contributed by atoms with Crippen molar-refractivity contribution in [1.82, 2.24) is 5.32 Å². The molecule has 0 radical (unpaired) electrons. The Kier molecular flexibility index (Phi) is 55.3. The number of quaternary nitrogens is 1. The Morgan fingerprint density at radius 2 is 0.792 bits per heavy atom. The zero-order valence-corrected chi connectivity index (χ0v) is 52.3. The highest BCUT2D eigenvalue weighted by atomic mass is 31.2. The lowest BCUT2D eigenvalue weighted by Gasteiger charge is -2.30. The molecule has 9 nitrogen and oxygen atoms in total. The molecule has 0 bridgehead atoms. The molecule has 0 heterocycles. The first-order valence-electron chi connectivity index (χ1n) is 32.6. The average Bonchev–Trinajstić information content (AvgIpc) is 3.39. The molecule has 0 aromatic carbocycles. The molecule has 0 saturated heterocycles. The van der Waals surface area contributed by atoms with E-state index in [9.17, 15) is 19.0 Å². The number of phosphoric ester groups is 1. The van der Waals surface area contributed by atoms with E-state index in [0.29, 0.717) is 17.4 Å². The third kappa shape index (κ3) is 58.2. The number of esters is 1. The van der Waals surface area contributed by atoms with Gasteiger partial charge in [0.2, 0.25) is 5.91 Å². The number of ether oxygens (including phenoxy) is 1. The first-order valence-corrected chi connectivity index (χ1v) is 34.1. The molecule has 0 aromatic rings. The van der Waals surface area contributed by atoms with Crippen LogP contribution in [0.4, 0.5) is 0 Å². The van der Waals surface area contributed by atoms with Crippen LogP contribution in [0.5, 0.6) is 0 Å². The number of hydrogen-bond acceptors (Lipinski definition) is 7. The summed E-state index contributed by atoms with van der Waals surface area (Å²) in [6.45, 7) is 6.83. The maximum Gasteiger partial charge on any atom is 0.306 e. The minimum absolute atomic E-state index is 0.0250. The number of carbonyl (C=O) groups excluding carboxylic acids is 2. The molecule has 0 spiro atoms. The highest BCUT2D eigenvalue weighted by molar-refractivity contribution is 7.45. The van der Waals surface area contributed by atoms with Crippen molar-refractivity contribution in [3.63, 3.8) is 0 Å². The molecule has 0 rings (SSSR count). The van der Waals surface area contributed by atoms with Crippen LogP contribution < -0.4 is 10.2 Å². The summed E-state index contributed by atoms with van der Waals surface area (Å²) in [5, 5.41) is 3.03. The van der Waals surface area contributed by atoms with Crippen LogP contribution in [0.15, 0.2) is 60.8 Å². The predicted octanol–water partition coefficient (Wildman–Crippen LogP) is 19.6. The zero-order valence-electron chi connectivity index (χ0n) is 51.4. The molecule has 0 aromatic heterocycles. The van der Waals surface area contributed by atoms with Crippen LogP contribution in [0.1, 0.15) is 303 Å². The van der Waals surface area contributed by atoms with Gasteiger partial charge in [-0.1, -0.05) is 255 Å². The lowest BCUT2D eigenvalue weighted by Crippen LogP contribution is -2.47. The monoisotopic (exact) mass is 1100 g/mol. The van der Waals surface area contributed by atoms with Gasteiger partial charge in [-0.2, -0.15) is 0 Å². The Morgan fingerprint density at radius 1 is 0.455 bits per heavy atom. The molecule has 77 heavy (non-hydrogen) atoms. The number of amides is 1. The van der Waals surface area contributed by atoms with Gasteiger partial charge in [0.25, 0.3) is 7.82 Å². The van der Waals surface area contributed by atoms with E-state index in [1.54, 1.807) is 0 Å². The highest BCUT2D eigenvalue weighted by Gasteiger charge is 2.27. The van der Waals surface area contributed by atoms with Crippen LogP contribution in [0.25, 0.3) is 0 Å². The molecule has 0 fully saturated rings. The standard InChI is InChI=1S/C67H125N2O7P/c1-7-10-13-16-19-22-25-28-30-32-33-34-35-36-37-38-40-42-45-48-51-54-57-60-67(71)76-65(58-55-52-49-46-43-27-24-21-18-15-12-9-3)64(63-75-77(72,73)74-62-61-69(4,5)6)68-66(70)59-56-53-50-47-44-41-39-31-29-26-23-20-17-14-11-8-2/h19,22,28,30-31,33-34,39,55,58,64-65H,7-18,20-21,23-27,29,32,35-38,40-54,56-57,59-63H2,1-6H3,(H-,68,70,72,73)/b22-19-,30-28-,34-33-,39-31+,58-55-. The Morgan fingerprint density at radius 3 is 1.22 bits per heavy atom. The van der Waals surface area contributed by atoms with Crippen molar-refractivity contribution in [3.8, 4) is 0 Å². The molecule has 10 heteroatoms. The van der Waals surface area contributed by atoms with Gasteiger partial charge in [-0.05, 0) is 96.0 Å². The minimum Gasteiger partial charge on any atom is -0.756 e. The van der Waals surface area contributed by atoms with E-state index < -0.39 is 26.6 Å². The molecule has 0 aliphatic carbocycles. The van der Waals surface area contributed by atoms with Crippen LogP contribution in [0.2, 0.25) is 0 Å². The molecule has 0 saturated carbocycles. The third-order valence-electron chi connectivity index (χ3n) is 14.4. The van der Waals surface area contributed by atoms with Gasteiger partial charge < -0.3 is 28.5 Å². The Bertz CT molecular complexity index is 1500. The SMILES string of the molecule is CCCCC/C=C\C/C=C\C/C=C\CCCCCCCCCCCCC(=O)OC(/C=C\CCCCCCCCCCCC)C(COP(=O)([O-])OCC[N+](C)(C)C)NC(=O)CCCCCCC/C=C/CCCCCCCCC. The van der Waals surface area contributed by atoms with Gasteiger partial charge in [0.15, 0.2) is 0 Å². The lowest BCUT2D eigenvalue weighted by atomic mass is 10.0. The molecular weight excluding hydrogens is 976 g/mol. The largest absolute Gasteiger partial charge is 0.756 e. The van der Waals surface area contributed by atoms with Crippen LogP contribution in [0, 0.1) is 0 Å². The van der Waals surface area contributed by atoms with Crippen molar-refractivity contribution in [2.24, 2.45) is 0 Å². The van der Waals surface area contributed by atoms with Crippen molar-refractivity contribution < 1.29 is 37.3 Å². The number of likely N-dealkylation sites (N-methyl/N-ethyl adjacent to an activating group) is 1. The van der Waals surface area contributed by atoms with Crippen molar-refractivity contribution in [1.29, 1.82) is 0 Å². The van der Waals surface area contributed by atoms with Gasteiger partial charge in [-0.25, -0.2) is 0 Å². The molecule has 0 aliphatic heterocycles. The van der Waals surface area contributed by atoms with Crippen molar-refractivity contribution in [2.45, 2.75) is 315 Å². The molecule has 0 aliphatic rings. The summed E-state index contributed by atoms with van der Waals surface area (Å²) >= 11 is 0. The summed E-state index contributed by atoms with van der Waals surface area (Å²) in [7, 11) is 1.18. The summed E-state index contributed by atoms with van der Waals surface area (Å²) in [4.78, 5) is 40.0. The molecule has 1 N–H and O–H groups in total. The van der Waals surface area contributed by atoms with Gasteiger partial charge in [0, 0.05) is 12.8 Å². The molecule has 3 unspecified atom stereocenters. The highest BCUT2D eigenvalue weighted by Crippen LogP contribution is 2.38. The van der Waals surface area contributed by atoms with E-state index in [4.69, 9.17) is 13.8 Å². The van der Waals surface area contributed by atoms with Gasteiger partial charge in [0.05, 0.1) is 33.8 Å². The first kappa shape index (κ1) is 74.7. The summed E-state index contributed by atoms with van der Waals surface area (Å²) in [6.07, 6.45) is 71.8. The quantitative estimate of drug-likeness (QED) is 0.0212. The molecule has 3 atom stereocenters. The first-order chi connectivity index (χ1) is 37.4. The van der Waals surface area contributed by atoms with E-state index in [-0.39, 0.29) is 24.9 Å². The number of nitrogens with zero attached hydrogens (tertiary/aromatic N) is 1. The number of phosphoric acid groups is 1. The maximum atomic E-state index is 13.5. The van der Waals surface area contributed by atoms with Crippen molar-refractivity contribution in [2.75, 3.05) is 40.9 Å². The Labute approximate surface area is 477 Å². The number of hydrogen-bond donors (Lipinski definition) is 1. The van der Waals surface area contributed by atoms with Crippen LogP contribution in [-0.4, -0.2) is 69.4 Å². The zero-order chi connectivity index (χ0) is 56.4. The second-order valence-corrected chi connectivity index (χ2v) is 24.7. The Balaban J connectivity index is 5.18. The fourth-order valence-electron chi connectivity index (χ4n) is 9.35. The average molecular weight is 1100 g/mol.